The van der Waals surface area contributed by atoms with Crippen molar-refractivity contribution in [2.75, 3.05) is 6.61 Å². The molecule has 0 aliphatic heterocycles. The molecule has 0 saturated heterocycles. The number of amides is 1. The normalized spacial score (nSPS) is 12.1. The van der Waals surface area contributed by atoms with Crippen molar-refractivity contribution in [3.63, 3.8) is 0 Å². The molecule has 118 valence electrons. The minimum absolute atomic E-state index is 0.0184. The number of carbonyl (C=O) groups is 1. The lowest BCUT2D eigenvalue weighted by atomic mass is 10.2. The molecule has 22 heavy (non-hydrogen) atoms. The molecule has 2 rings (SSSR count). The topological polar surface area (TPSA) is 67.0 Å². The van der Waals surface area contributed by atoms with Crippen LogP contribution in [0.2, 0.25) is 0 Å². The first-order valence-electron chi connectivity index (χ1n) is 7.57. The monoisotopic (exact) mass is 301 g/mol. The molecule has 5 nitrogen and oxygen atoms in total. The molecular formula is C17H23N3O2. The average Bonchev–Trinajstić information content (AvgIpc) is 2.94. The maximum Gasteiger partial charge on any atom is 0.220 e. The van der Waals surface area contributed by atoms with Crippen molar-refractivity contribution in [1.82, 2.24) is 15.3 Å². The van der Waals surface area contributed by atoms with Crippen molar-refractivity contribution in [2.24, 2.45) is 0 Å². The minimum Gasteiger partial charge on any atom is -0.377 e. The average molecular weight is 301 g/mol. The van der Waals surface area contributed by atoms with Gasteiger partial charge in [0.1, 0.15) is 5.82 Å². The molecule has 2 N–H and O–H groups in total. The number of nitrogens with zero attached hydrogens (tertiary/aromatic N) is 1. The highest BCUT2D eigenvalue weighted by atomic mass is 16.5. The highest BCUT2D eigenvalue weighted by molar-refractivity contribution is 5.76. The Balaban J connectivity index is 1.59. The van der Waals surface area contributed by atoms with Gasteiger partial charge < -0.3 is 15.0 Å². The second-order valence-electron chi connectivity index (χ2n) is 5.38. The number of aromatic nitrogens is 2. The first-order valence-corrected chi connectivity index (χ1v) is 7.57. The van der Waals surface area contributed by atoms with Gasteiger partial charge in [0.2, 0.25) is 5.91 Å². The highest BCUT2D eigenvalue weighted by Crippen LogP contribution is 2.08. The predicted octanol–water partition coefficient (Wildman–Crippen LogP) is 2.89. The fourth-order valence-corrected chi connectivity index (χ4v) is 2.13. The zero-order valence-electron chi connectivity index (χ0n) is 13.1. The molecule has 1 atom stereocenters. The molecule has 1 amide bonds. The number of aryl methyl sites for hydroxylation is 1. The molecule has 0 saturated carbocycles. The van der Waals surface area contributed by atoms with Crippen LogP contribution in [0.1, 0.15) is 42.9 Å². The largest absolute Gasteiger partial charge is 0.377 e. The van der Waals surface area contributed by atoms with Gasteiger partial charge in [-0.15, -0.1) is 0 Å². The Bertz CT molecular complexity index is 581. The van der Waals surface area contributed by atoms with Crippen LogP contribution in [0.5, 0.6) is 0 Å². The van der Waals surface area contributed by atoms with Gasteiger partial charge in [-0.2, -0.15) is 0 Å². The van der Waals surface area contributed by atoms with Crippen LogP contribution in [0.15, 0.2) is 36.5 Å². The number of carbonyl (C=O) groups excluding carboxylic acids is 1. The second kappa shape index (κ2) is 8.34. The third-order valence-corrected chi connectivity index (χ3v) is 3.31. The number of hydrogen-bond donors (Lipinski definition) is 2. The Hall–Kier alpha value is -2.14. The van der Waals surface area contributed by atoms with Crippen LogP contribution in [0.25, 0.3) is 0 Å². The van der Waals surface area contributed by atoms with E-state index in [1.165, 1.54) is 0 Å². The van der Waals surface area contributed by atoms with Gasteiger partial charge in [-0.1, -0.05) is 30.3 Å². The molecule has 0 aliphatic rings. The summed E-state index contributed by atoms with van der Waals surface area (Å²) in [7, 11) is 0. The van der Waals surface area contributed by atoms with Gasteiger partial charge in [0.15, 0.2) is 0 Å². The molecule has 1 aromatic carbocycles. The quantitative estimate of drug-likeness (QED) is 0.737. The summed E-state index contributed by atoms with van der Waals surface area (Å²) in [6.07, 6.45) is 2.93. The number of nitrogens with one attached hydrogen (secondary N) is 2. The van der Waals surface area contributed by atoms with Crippen molar-refractivity contribution in [3.05, 3.63) is 53.6 Å². The smallest absolute Gasteiger partial charge is 0.220 e. The Labute approximate surface area is 131 Å². The summed E-state index contributed by atoms with van der Waals surface area (Å²) < 4.78 is 5.56. The van der Waals surface area contributed by atoms with Crippen LogP contribution in [0.3, 0.4) is 0 Å². The van der Waals surface area contributed by atoms with E-state index in [1.54, 1.807) is 6.20 Å². The minimum atomic E-state index is -0.105. The number of H-pyrrole nitrogens is 1. The molecule has 5 heteroatoms. The Morgan fingerprint density at radius 3 is 2.82 bits per heavy atom. The Kier molecular flexibility index (Phi) is 6.15. The zero-order valence-corrected chi connectivity index (χ0v) is 13.1. The van der Waals surface area contributed by atoms with Gasteiger partial charge in [-0.25, -0.2) is 4.98 Å². The fraction of sp³-hybridized carbons (Fsp3) is 0.412. The fourth-order valence-electron chi connectivity index (χ4n) is 2.13. The number of rotatable bonds is 8. The maximum absolute atomic E-state index is 11.9. The predicted molar refractivity (Wildman–Crippen MR) is 85.2 cm³/mol. The standard InChI is InChI=1S/C17H23N3O2/c1-13-11-18-17(19-13)14(2)20-16(21)9-6-10-22-12-15-7-4-3-5-8-15/h3-5,7-8,11,14H,6,9-10,12H2,1-2H3,(H,18,19)(H,20,21)/t14-/m0/s1. The van der Waals surface area contributed by atoms with E-state index < -0.39 is 0 Å². The van der Waals surface area contributed by atoms with E-state index in [9.17, 15) is 4.79 Å². The lowest BCUT2D eigenvalue weighted by Crippen LogP contribution is -2.27. The molecule has 1 aromatic heterocycles. The second-order valence-corrected chi connectivity index (χ2v) is 5.38. The van der Waals surface area contributed by atoms with Gasteiger partial charge in [-0.3, -0.25) is 4.79 Å². The van der Waals surface area contributed by atoms with E-state index in [0.717, 1.165) is 17.1 Å². The highest BCUT2D eigenvalue weighted by Gasteiger charge is 2.11. The van der Waals surface area contributed by atoms with Crippen LogP contribution < -0.4 is 5.32 Å². The SMILES string of the molecule is Cc1cnc([C@H](C)NC(=O)CCCOCc2ccccc2)[nH]1. The maximum atomic E-state index is 11.9. The number of aromatic amines is 1. The van der Waals surface area contributed by atoms with E-state index in [1.807, 2.05) is 44.2 Å². The van der Waals surface area contributed by atoms with Gasteiger partial charge >= 0.3 is 0 Å². The molecule has 2 aromatic rings. The molecule has 0 fully saturated rings. The zero-order chi connectivity index (χ0) is 15.8. The van der Waals surface area contributed by atoms with Crippen molar-refractivity contribution in [3.8, 4) is 0 Å². The molecule has 0 bridgehead atoms. The Morgan fingerprint density at radius 2 is 2.14 bits per heavy atom. The van der Waals surface area contributed by atoms with Crippen LogP contribution in [-0.2, 0) is 16.1 Å². The molecule has 0 spiro atoms. The lowest BCUT2D eigenvalue weighted by Gasteiger charge is -2.11. The Morgan fingerprint density at radius 1 is 1.36 bits per heavy atom. The third kappa shape index (κ3) is 5.33. The van der Waals surface area contributed by atoms with E-state index in [-0.39, 0.29) is 11.9 Å². The van der Waals surface area contributed by atoms with Crippen molar-refractivity contribution >= 4 is 5.91 Å². The van der Waals surface area contributed by atoms with Gasteiger partial charge in [-0.05, 0) is 25.8 Å². The number of ether oxygens (including phenoxy) is 1. The summed E-state index contributed by atoms with van der Waals surface area (Å²) in [6.45, 7) is 5.03. The molecule has 1 heterocycles. The van der Waals surface area contributed by atoms with Crippen molar-refractivity contribution in [1.29, 1.82) is 0 Å². The van der Waals surface area contributed by atoms with Crippen molar-refractivity contribution in [2.45, 2.75) is 39.3 Å². The first-order chi connectivity index (χ1) is 10.6. The summed E-state index contributed by atoms with van der Waals surface area (Å²) in [5.41, 5.74) is 2.14. The number of imidazole rings is 1. The molecule has 0 aliphatic carbocycles. The van der Waals surface area contributed by atoms with Crippen LogP contribution in [0, 0.1) is 6.92 Å². The summed E-state index contributed by atoms with van der Waals surface area (Å²) in [5, 5.41) is 2.93. The van der Waals surface area contributed by atoms with Crippen LogP contribution >= 0.6 is 0 Å². The van der Waals surface area contributed by atoms with Gasteiger partial charge in [0, 0.05) is 24.9 Å². The van der Waals surface area contributed by atoms with E-state index >= 15 is 0 Å². The number of hydrogen-bond acceptors (Lipinski definition) is 3. The van der Waals surface area contributed by atoms with E-state index in [2.05, 4.69) is 15.3 Å². The van der Waals surface area contributed by atoms with E-state index in [0.29, 0.717) is 26.1 Å². The third-order valence-electron chi connectivity index (χ3n) is 3.31. The van der Waals surface area contributed by atoms with Gasteiger partial charge in [0.05, 0.1) is 12.6 Å². The summed E-state index contributed by atoms with van der Waals surface area (Å²) in [4.78, 5) is 19.2. The lowest BCUT2D eigenvalue weighted by molar-refractivity contribution is -0.122. The van der Waals surface area contributed by atoms with Gasteiger partial charge in [0.25, 0.3) is 0 Å². The summed E-state index contributed by atoms with van der Waals surface area (Å²) in [6, 6.07) is 9.91. The molecule has 0 radical (unpaired) electrons. The first kappa shape index (κ1) is 16.2. The molecular weight excluding hydrogens is 278 g/mol. The van der Waals surface area contributed by atoms with Crippen LogP contribution in [-0.4, -0.2) is 22.5 Å². The summed E-state index contributed by atoms with van der Waals surface area (Å²) >= 11 is 0. The molecule has 0 unspecified atom stereocenters. The summed E-state index contributed by atoms with van der Waals surface area (Å²) in [5.74, 6) is 0.802. The van der Waals surface area contributed by atoms with Crippen LogP contribution in [0.4, 0.5) is 0 Å². The number of benzene rings is 1. The van der Waals surface area contributed by atoms with Crippen molar-refractivity contribution < 1.29 is 9.53 Å². The van der Waals surface area contributed by atoms with E-state index in [4.69, 9.17) is 4.74 Å².